The summed E-state index contributed by atoms with van der Waals surface area (Å²) in [6.45, 7) is 6.20. The van der Waals surface area contributed by atoms with Crippen LogP contribution in [-0.2, 0) is 23.9 Å². The van der Waals surface area contributed by atoms with Gasteiger partial charge in [0.05, 0.1) is 5.69 Å². The van der Waals surface area contributed by atoms with Crippen LogP contribution < -0.4 is 4.90 Å². The highest BCUT2D eigenvalue weighted by atomic mass is 19.1. The number of hydrogen-bond donors (Lipinski definition) is 0. The van der Waals surface area contributed by atoms with Crippen molar-refractivity contribution in [2.24, 2.45) is 0 Å². The van der Waals surface area contributed by atoms with Gasteiger partial charge in [-0.1, -0.05) is 0 Å². The molecule has 0 saturated carbocycles. The fraction of sp³-hybridized carbons (Fsp3) is 0.389. The van der Waals surface area contributed by atoms with E-state index in [2.05, 4.69) is 0 Å². The molecule has 7 nitrogen and oxygen atoms in total. The molecule has 2 amide bonds. The lowest BCUT2D eigenvalue weighted by atomic mass is 10.3. The molecule has 8 heteroatoms. The predicted octanol–water partition coefficient (Wildman–Crippen LogP) is 1.83. The number of carbonyl (C=O) groups is 3. The molecule has 0 spiro atoms. The average Bonchev–Trinajstić information content (AvgIpc) is 2.86. The highest BCUT2D eigenvalue weighted by molar-refractivity contribution is 6.32. The van der Waals surface area contributed by atoms with Crippen LogP contribution in [0, 0.1) is 5.82 Å². The average molecular weight is 364 g/mol. The molecule has 26 heavy (non-hydrogen) atoms. The lowest BCUT2D eigenvalue weighted by Gasteiger charge is -2.22. The maximum absolute atomic E-state index is 13.2. The van der Waals surface area contributed by atoms with E-state index in [1.54, 1.807) is 11.8 Å². The molecule has 0 aliphatic carbocycles. The van der Waals surface area contributed by atoms with E-state index in [1.165, 1.54) is 12.1 Å². The lowest BCUT2D eigenvalue weighted by Crippen LogP contribution is -2.35. The first kappa shape index (κ1) is 19.6. The second kappa shape index (κ2) is 8.57. The number of benzene rings is 1. The van der Waals surface area contributed by atoms with Gasteiger partial charge in [-0.25, -0.2) is 14.1 Å². The number of imide groups is 1. The van der Waals surface area contributed by atoms with Crippen molar-refractivity contribution in [3.8, 4) is 0 Å². The first-order chi connectivity index (χ1) is 12.4. The van der Waals surface area contributed by atoms with Gasteiger partial charge in [0.2, 0.25) is 5.76 Å². The summed E-state index contributed by atoms with van der Waals surface area (Å²) >= 11 is 0. The largest absolute Gasteiger partial charge is 0.416 e. The number of likely N-dealkylation sites (N-methyl/N-ethyl adjacent to an activating group) is 1. The summed E-state index contributed by atoms with van der Waals surface area (Å²) in [7, 11) is 0. The van der Waals surface area contributed by atoms with Crippen molar-refractivity contribution >= 4 is 23.5 Å². The summed E-state index contributed by atoms with van der Waals surface area (Å²) in [5, 5.41) is 0. The van der Waals surface area contributed by atoms with Crippen LogP contribution in [0.5, 0.6) is 0 Å². The van der Waals surface area contributed by atoms with Gasteiger partial charge in [-0.05, 0) is 45.0 Å². The molecule has 1 aromatic rings. The Balaban J connectivity index is 2.40. The molecule has 1 aliphatic rings. The summed E-state index contributed by atoms with van der Waals surface area (Å²) in [5.74, 6) is -2.99. The van der Waals surface area contributed by atoms with Gasteiger partial charge in [0.1, 0.15) is 12.4 Å². The van der Waals surface area contributed by atoms with Crippen molar-refractivity contribution in [1.29, 1.82) is 0 Å². The fourth-order valence-electron chi connectivity index (χ4n) is 2.56. The molecule has 0 unspecified atom stereocenters. The normalized spacial score (nSPS) is 14.2. The van der Waals surface area contributed by atoms with E-state index in [9.17, 15) is 18.8 Å². The van der Waals surface area contributed by atoms with E-state index in [0.29, 0.717) is 19.7 Å². The van der Waals surface area contributed by atoms with E-state index in [4.69, 9.17) is 9.47 Å². The van der Waals surface area contributed by atoms with Crippen LogP contribution in [0.3, 0.4) is 0 Å². The number of ether oxygens (including phenoxy) is 2. The van der Waals surface area contributed by atoms with Crippen molar-refractivity contribution in [3.05, 3.63) is 41.5 Å². The molecule has 0 aromatic heterocycles. The summed E-state index contributed by atoms with van der Waals surface area (Å²) < 4.78 is 23.3. The van der Waals surface area contributed by atoms with E-state index < -0.39 is 23.6 Å². The van der Waals surface area contributed by atoms with Gasteiger partial charge in [0, 0.05) is 19.7 Å². The number of nitrogens with zero attached hydrogens (tertiary/aromatic N) is 2. The molecule has 0 N–H and O–H groups in total. The minimum atomic E-state index is -0.770. The zero-order valence-corrected chi connectivity index (χ0v) is 15.0. The van der Waals surface area contributed by atoms with Crippen LogP contribution in [0.15, 0.2) is 35.7 Å². The van der Waals surface area contributed by atoms with E-state index in [-0.39, 0.29) is 23.8 Å². The van der Waals surface area contributed by atoms with Gasteiger partial charge < -0.3 is 14.4 Å². The summed E-state index contributed by atoms with van der Waals surface area (Å²) in [6.07, 6.45) is 0. The molecule has 1 aliphatic heterocycles. The lowest BCUT2D eigenvalue weighted by molar-refractivity contribution is -0.147. The molecule has 140 valence electrons. The Kier molecular flexibility index (Phi) is 6.46. The van der Waals surface area contributed by atoms with Crippen LogP contribution in [0.4, 0.5) is 10.1 Å². The Hall–Kier alpha value is -2.74. The molecule has 2 rings (SSSR count). The second-order valence-electron chi connectivity index (χ2n) is 5.38. The number of carbonyl (C=O) groups excluding carboxylic acids is 3. The third-order valence-corrected chi connectivity index (χ3v) is 3.82. The molecular formula is C18H21FN2O5. The maximum atomic E-state index is 13.2. The Morgan fingerprint density at radius 2 is 1.69 bits per heavy atom. The summed E-state index contributed by atoms with van der Waals surface area (Å²) in [5.41, 5.74) is 0.205. The zero-order valence-electron chi connectivity index (χ0n) is 15.0. The first-order valence-electron chi connectivity index (χ1n) is 8.36. The highest BCUT2D eigenvalue weighted by Crippen LogP contribution is 2.30. The van der Waals surface area contributed by atoms with Gasteiger partial charge >= 0.3 is 11.9 Å². The topological polar surface area (TPSA) is 76.2 Å². The minimum Gasteiger partial charge on any atom is -0.416 e. The maximum Gasteiger partial charge on any atom is 0.337 e. The smallest absolute Gasteiger partial charge is 0.337 e. The Bertz CT molecular complexity index is 726. The van der Waals surface area contributed by atoms with Gasteiger partial charge in [-0.3, -0.25) is 9.59 Å². The van der Waals surface area contributed by atoms with Crippen molar-refractivity contribution in [3.63, 3.8) is 0 Å². The van der Waals surface area contributed by atoms with Crippen LogP contribution in [0.2, 0.25) is 0 Å². The predicted molar refractivity (Wildman–Crippen MR) is 91.4 cm³/mol. The molecule has 0 radical (unpaired) electrons. The molecule has 0 fully saturated rings. The third-order valence-electron chi connectivity index (χ3n) is 3.82. The quantitative estimate of drug-likeness (QED) is 0.517. The van der Waals surface area contributed by atoms with Crippen molar-refractivity contribution in [2.45, 2.75) is 20.8 Å². The Morgan fingerprint density at radius 1 is 1.08 bits per heavy atom. The summed E-state index contributed by atoms with van der Waals surface area (Å²) in [6, 6.07) is 4.92. The number of esters is 1. The number of halogens is 1. The second-order valence-corrected chi connectivity index (χ2v) is 5.38. The van der Waals surface area contributed by atoms with Crippen LogP contribution >= 0.6 is 0 Å². The molecule has 0 atom stereocenters. The van der Waals surface area contributed by atoms with Crippen molar-refractivity contribution in [1.82, 2.24) is 4.90 Å². The first-order valence-corrected chi connectivity index (χ1v) is 8.36. The van der Waals surface area contributed by atoms with E-state index in [0.717, 1.165) is 17.0 Å². The van der Waals surface area contributed by atoms with Crippen molar-refractivity contribution in [2.75, 3.05) is 31.2 Å². The molecule has 1 heterocycles. The fourth-order valence-corrected chi connectivity index (χ4v) is 2.56. The highest BCUT2D eigenvalue weighted by Gasteiger charge is 2.44. The molecule has 0 bridgehead atoms. The number of hydrogen-bond acceptors (Lipinski definition) is 6. The Morgan fingerprint density at radius 3 is 2.23 bits per heavy atom. The molecule has 0 saturated heterocycles. The van der Waals surface area contributed by atoms with Gasteiger partial charge in [-0.15, -0.1) is 0 Å². The van der Waals surface area contributed by atoms with Crippen LogP contribution in [-0.4, -0.2) is 49.0 Å². The summed E-state index contributed by atoms with van der Waals surface area (Å²) in [4.78, 5) is 40.0. The minimum absolute atomic E-state index is 0.00849. The zero-order chi connectivity index (χ0) is 19.3. The third kappa shape index (κ3) is 3.91. The monoisotopic (exact) mass is 364 g/mol. The number of amides is 2. The number of rotatable bonds is 8. The van der Waals surface area contributed by atoms with E-state index in [1.807, 2.05) is 13.8 Å². The van der Waals surface area contributed by atoms with Crippen LogP contribution in [0.25, 0.3) is 0 Å². The molecular weight excluding hydrogens is 343 g/mol. The Labute approximate surface area is 151 Å². The van der Waals surface area contributed by atoms with Crippen LogP contribution in [0.1, 0.15) is 20.8 Å². The SMILES string of the molecule is CCOCC(=O)OC1=C(N(CC)CC)C(=O)N(c2ccc(F)cc2)C1=O. The van der Waals surface area contributed by atoms with Gasteiger partial charge in [-0.2, -0.15) is 0 Å². The standard InChI is InChI=1S/C18H21FN2O5/c1-4-20(5-2)15-16(26-14(22)11-25-6-3)18(24)21(17(15)23)13-9-7-12(19)8-10-13/h7-10H,4-6,11H2,1-3H3. The van der Waals surface area contributed by atoms with Crippen molar-refractivity contribution < 1.29 is 28.2 Å². The van der Waals surface area contributed by atoms with Gasteiger partial charge in [0.15, 0.2) is 5.70 Å². The van der Waals surface area contributed by atoms with Gasteiger partial charge in [0.25, 0.3) is 5.91 Å². The molecule has 1 aromatic carbocycles. The van der Waals surface area contributed by atoms with E-state index >= 15 is 0 Å². The number of anilines is 1.